The van der Waals surface area contributed by atoms with E-state index in [-0.39, 0.29) is 5.92 Å². The molecule has 3 aromatic heterocycles. The molecule has 1 aromatic carbocycles. The lowest BCUT2D eigenvalue weighted by atomic mass is 9.87. The van der Waals surface area contributed by atoms with Crippen LogP contribution in [0.4, 0.5) is 0 Å². The largest absolute Gasteiger partial charge is 0.262 e. The van der Waals surface area contributed by atoms with E-state index in [0.717, 1.165) is 51.8 Å². The van der Waals surface area contributed by atoms with E-state index >= 15 is 0 Å². The first kappa shape index (κ1) is 18.5. The van der Waals surface area contributed by atoms with Gasteiger partial charge in [0.25, 0.3) is 0 Å². The Kier molecular flexibility index (Phi) is 5.05. The number of tetrazole rings is 1. The number of fused-ring (bicyclic) bond motifs is 1. The summed E-state index contributed by atoms with van der Waals surface area (Å²) in [5, 5.41) is 16.6. The standard InChI is InChI=1S/C21H21ClN6/c1-4-13(5-2)20-19(21-25-27-28-26-21)18(14-8-9-23-12(3)10-14)16-11-15(22)6-7-17(16)24-20/h6-11,13H,4-5H2,1-3H3,(H,25,26,27,28). The molecule has 0 aliphatic rings. The number of pyridine rings is 2. The number of benzene rings is 1. The van der Waals surface area contributed by atoms with Crippen molar-refractivity contribution >= 4 is 22.5 Å². The fourth-order valence-corrected chi connectivity index (χ4v) is 3.89. The molecule has 0 saturated carbocycles. The van der Waals surface area contributed by atoms with Gasteiger partial charge in [0.05, 0.1) is 16.8 Å². The second-order valence-electron chi connectivity index (χ2n) is 6.84. The summed E-state index contributed by atoms with van der Waals surface area (Å²) in [5.74, 6) is 0.830. The van der Waals surface area contributed by atoms with Crippen LogP contribution in [0.1, 0.15) is 44.0 Å². The van der Waals surface area contributed by atoms with Crippen LogP contribution in [0.15, 0.2) is 36.5 Å². The van der Waals surface area contributed by atoms with E-state index in [9.17, 15) is 0 Å². The summed E-state index contributed by atoms with van der Waals surface area (Å²) in [6, 6.07) is 9.87. The van der Waals surface area contributed by atoms with Gasteiger partial charge in [-0.15, -0.1) is 10.2 Å². The number of hydrogen-bond donors (Lipinski definition) is 1. The number of H-pyrrole nitrogens is 1. The minimum Gasteiger partial charge on any atom is -0.262 e. The van der Waals surface area contributed by atoms with E-state index in [0.29, 0.717) is 10.8 Å². The molecule has 0 atom stereocenters. The summed E-state index contributed by atoms with van der Waals surface area (Å²) < 4.78 is 0. The summed E-state index contributed by atoms with van der Waals surface area (Å²) in [6.45, 7) is 6.34. The van der Waals surface area contributed by atoms with Crippen LogP contribution in [0.2, 0.25) is 5.02 Å². The highest BCUT2D eigenvalue weighted by Gasteiger charge is 2.25. The van der Waals surface area contributed by atoms with Crippen LogP contribution < -0.4 is 0 Å². The van der Waals surface area contributed by atoms with Crippen molar-refractivity contribution in [2.24, 2.45) is 0 Å². The first-order valence-electron chi connectivity index (χ1n) is 9.42. The molecule has 0 radical (unpaired) electrons. The molecule has 0 spiro atoms. The molecule has 1 N–H and O–H groups in total. The van der Waals surface area contributed by atoms with Crippen molar-refractivity contribution in [2.45, 2.75) is 39.5 Å². The Labute approximate surface area is 168 Å². The van der Waals surface area contributed by atoms with Crippen molar-refractivity contribution in [2.75, 3.05) is 0 Å². The number of halogens is 1. The zero-order valence-electron chi connectivity index (χ0n) is 16.1. The van der Waals surface area contributed by atoms with Crippen molar-refractivity contribution in [1.29, 1.82) is 0 Å². The highest BCUT2D eigenvalue weighted by atomic mass is 35.5. The molecule has 7 heteroatoms. The van der Waals surface area contributed by atoms with Crippen LogP contribution in [0.25, 0.3) is 33.4 Å². The SMILES string of the molecule is CCC(CC)c1nc2ccc(Cl)cc2c(-c2ccnc(C)c2)c1-c1nn[nH]n1. The molecule has 0 aliphatic heterocycles. The van der Waals surface area contributed by atoms with Crippen LogP contribution in [0, 0.1) is 6.92 Å². The fraction of sp³-hybridized carbons (Fsp3) is 0.286. The van der Waals surface area contributed by atoms with E-state index in [1.54, 1.807) is 0 Å². The van der Waals surface area contributed by atoms with Gasteiger partial charge in [-0.2, -0.15) is 5.21 Å². The highest BCUT2D eigenvalue weighted by Crippen LogP contribution is 2.42. The zero-order valence-corrected chi connectivity index (χ0v) is 16.8. The molecule has 28 heavy (non-hydrogen) atoms. The first-order chi connectivity index (χ1) is 13.6. The quantitative estimate of drug-likeness (QED) is 0.495. The molecule has 0 saturated heterocycles. The Morgan fingerprint density at radius 3 is 2.57 bits per heavy atom. The summed E-state index contributed by atoms with van der Waals surface area (Å²) in [4.78, 5) is 9.38. The lowest BCUT2D eigenvalue weighted by Gasteiger charge is -2.20. The monoisotopic (exact) mass is 392 g/mol. The van der Waals surface area contributed by atoms with E-state index in [2.05, 4.69) is 45.5 Å². The third-order valence-corrected chi connectivity index (χ3v) is 5.34. The minimum absolute atomic E-state index is 0.287. The molecule has 0 aliphatic carbocycles. The first-order valence-corrected chi connectivity index (χ1v) is 9.80. The minimum atomic E-state index is 0.287. The lowest BCUT2D eigenvalue weighted by Crippen LogP contribution is -2.06. The molecular formula is C21H21ClN6. The number of hydrogen-bond acceptors (Lipinski definition) is 5. The van der Waals surface area contributed by atoms with Crippen LogP contribution in [0.3, 0.4) is 0 Å². The van der Waals surface area contributed by atoms with Crippen LogP contribution >= 0.6 is 11.6 Å². The molecule has 0 fully saturated rings. The third kappa shape index (κ3) is 3.24. The molecule has 0 unspecified atom stereocenters. The van der Waals surface area contributed by atoms with Gasteiger partial charge in [-0.1, -0.05) is 25.4 Å². The Hall–Kier alpha value is -2.86. The van der Waals surface area contributed by atoms with Gasteiger partial charge in [-0.3, -0.25) is 9.97 Å². The van der Waals surface area contributed by atoms with Crippen molar-refractivity contribution in [3.05, 3.63) is 52.9 Å². The Balaban J connectivity index is 2.19. The average molecular weight is 393 g/mol. The van der Waals surface area contributed by atoms with Crippen LogP contribution in [-0.4, -0.2) is 30.6 Å². The lowest BCUT2D eigenvalue weighted by molar-refractivity contribution is 0.627. The Bertz CT molecular complexity index is 1120. The van der Waals surface area contributed by atoms with Crippen LogP contribution in [-0.2, 0) is 0 Å². The van der Waals surface area contributed by atoms with Gasteiger partial charge in [0.1, 0.15) is 0 Å². The predicted molar refractivity (Wildman–Crippen MR) is 111 cm³/mol. The number of aromatic nitrogens is 6. The topological polar surface area (TPSA) is 80.2 Å². The van der Waals surface area contributed by atoms with Crippen molar-refractivity contribution in [1.82, 2.24) is 30.6 Å². The van der Waals surface area contributed by atoms with Gasteiger partial charge in [0, 0.05) is 33.8 Å². The van der Waals surface area contributed by atoms with Crippen molar-refractivity contribution in [3.63, 3.8) is 0 Å². The van der Waals surface area contributed by atoms with Gasteiger partial charge >= 0.3 is 0 Å². The average Bonchev–Trinajstić information content (AvgIpc) is 3.22. The summed E-state index contributed by atoms with van der Waals surface area (Å²) >= 11 is 6.35. The number of nitrogens with one attached hydrogen (secondary N) is 1. The van der Waals surface area contributed by atoms with Crippen molar-refractivity contribution in [3.8, 4) is 22.5 Å². The maximum absolute atomic E-state index is 6.35. The van der Waals surface area contributed by atoms with E-state index in [1.807, 2.05) is 37.4 Å². The number of aryl methyl sites for hydroxylation is 1. The maximum Gasteiger partial charge on any atom is 0.207 e. The molecule has 3 heterocycles. The summed E-state index contributed by atoms with van der Waals surface area (Å²) in [5.41, 5.74) is 5.79. The Morgan fingerprint density at radius 1 is 1.07 bits per heavy atom. The van der Waals surface area contributed by atoms with Gasteiger partial charge in [0.15, 0.2) is 0 Å². The summed E-state index contributed by atoms with van der Waals surface area (Å²) in [7, 11) is 0. The zero-order chi connectivity index (χ0) is 19.7. The van der Waals surface area contributed by atoms with Gasteiger partial charge < -0.3 is 0 Å². The van der Waals surface area contributed by atoms with Crippen LogP contribution in [0.5, 0.6) is 0 Å². The molecule has 0 amide bonds. The van der Waals surface area contributed by atoms with Gasteiger partial charge in [-0.25, -0.2) is 0 Å². The number of aromatic amines is 1. The number of rotatable bonds is 5. The van der Waals surface area contributed by atoms with Gasteiger partial charge in [0.2, 0.25) is 5.82 Å². The second-order valence-corrected chi connectivity index (χ2v) is 7.28. The number of nitrogens with zero attached hydrogens (tertiary/aromatic N) is 5. The Morgan fingerprint density at radius 2 is 1.89 bits per heavy atom. The maximum atomic E-state index is 6.35. The fourth-order valence-electron chi connectivity index (χ4n) is 3.72. The van der Waals surface area contributed by atoms with Crippen molar-refractivity contribution < 1.29 is 0 Å². The molecule has 142 valence electrons. The molecule has 0 bridgehead atoms. The highest BCUT2D eigenvalue weighted by molar-refractivity contribution is 6.31. The smallest absolute Gasteiger partial charge is 0.207 e. The third-order valence-electron chi connectivity index (χ3n) is 5.10. The van der Waals surface area contributed by atoms with E-state index < -0.39 is 0 Å². The summed E-state index contributed by atoms with van der Waals surface area (Å²) in [6.07, 6.45) is 3.77. The van der Waals surface area contributed by atoms with E-state index in [4.69, 9.17) is 16.6 Å². The van der Waals surface area contributed by atoms with E-state index in [1.165, 1.54) is 0 Å². The second kappa shape index (κ2) is 7.64. The molecule has 4 aromatic rings. The predicted octanol–water partition coefficient (Wildman–Crippen LogP) is 5.34. The molecule has 6 nitrogen and oxygen atoms in total. The molecule has 4 rings (SSSR count). The molecular weight excluding hydrogens is 372 g/mol. The van der Waals surface area contributed by atoms with Gasteiger partial charge in [-0.05, 0) is 60.9 Å². The normalized spacial score (nSPS) is 11.5.